The lowest BCUT2D eigenvalue weighted by atomic mass is 9.85. The maximum absolute atomic E-state index is 12.2. The molecule has 1 saturated carbocycles. The third-order valence-corrected chi connectivity index (χ3v) is 7.10. The Morgan fingerprint density at radius 3 is 2.83 bits per heavy atom. The van der Waals surface area contributed by atoms with Gasteiger partial charge in [0, 0.05) is 35.2 Å². The molecule has 1 fully saturated rings. The molecule has 5 nitrogen and oxygen atoms in total. The zero-order chi connectivity index (χ0) is 20.9. The van der Waals surface area contributed by atoms with Crippen LogP contribution in [-0.4, -0.2) is 22.2 Å². The summed E-state index contributed by atoms with van der Waals surface area (Å²) in [6, 6.07) is 12.1. The summed E-state index contributed by atoms with van der Waals surface area (Å²) in [5.74, 6) is 0.809. The van der Waals surface area contributed by atoms with Crippen LogP contribution in [0.5, 0.6) is 0 Å². The average Bonchev–Trinajstić information content (AvgIpc) is 3.17. The van der Waals surface area contributed by atoms with Crippen LogP contribution in [0.15, 0.2) is 48.8 Å². The zero-order valence-electron chi connectivity index (χ0n) is 17.4. The quantitative estimate of drug-likeness (QED) is 0.451. The summed E-state index contributed by atoms with van der Waals surface area (Å²) in [6.07, 6.45) is 10.4. The molecule has 2 N–H and O–H groups in total. The maximum Gasteiger partial charge on any atom is 0.417 e. The first-order chi connectivity index (χ1) is 14.6. The van der Waals surface area contributed by atoms with E-state index in [1.807, 2.05) is 30.3 Å². The van der Waals surface area contributed by atoms with Crippen molar-refractivity contribution in [2.24, 2.45) is 5.92 Å². The van der Waals surface area contributed by atoms with Crippen LogP contribution in [0.2, 0.25) is 0 Å². The summed E-state index contributed by atoms with van der Waals surface area (Å²) in [4.78, 5) is 17.9. The van der Waals surface area contributed by atoms with E-state index in [0.29, 0.717) is 23.3 Å². The van der Waals surface area contributed by atoms with Crippen molar-refractivity contribution in [3.8, 4) is 0 Å². The number of carboxylic acid groups (broad SMARTS) is 1. The molecule has 2 aromatic heterocycles. The fourth-order valence-electron chi connectivity index (χ4n) is 4.46. The molecule has 4 rings (SSSR count). The van der Waals surface area contributed by atoms with Gasteiger partial charge < -0.3 is 10.4 Å². The van der Waals surface area contributed by atoms with Crippen LogP contribution in [0.4, 0.5) is 15.5 Å². The predicted octanol–water partition coefficient (Wildman–Crippen LogP) is 6.56. The van der Waals surface area contributed by atoms with Gasteiger partial charge in [-0.05, 0) is 42.8 Å². The molecule has 1 unspecified atom stereocenters. The SMILES string of the molecule is CC(CC1CCCCC1)NCc1cnccc1N(C(=O)O)c1cc2ccccc2s1. The minimum atomic E-state index is -0.982. The Balaban J connectivity index is 1.52. The molecular formula is C24H29N3O2S. The van der Waals surface area contributed by atoms with Crippen molar-refractivity contribution in [3.05, 3.63) is 54.4 Å². The van der Waals surface area contributed by atoms with Crippen molar-refractivity contribution in [1.82, 2.24) is 10.3 Å². The average molecular weight is 424 g/mol. The highest BCUT2D eigenvalue weighted by atomic mass is 32.1. The number of nitrogens with zero attached hydrogens (tertiary/aromatic N) is 2. The van der Waals surface area contributed by atoms with Crippen LogP contribution in [0.3, 0.4) is 0 Å². The zero-order valence-corrected chi connectivity index (χ0v) is 18.2. The lowest BCUT2D eigenvalue weighted by molar-refractivity contribution is 0.205. The number of amides is 1. The highest BCUT2D eigenvalue weighted by Crippen LogP contribution is 2.37. The number of benzene rings is 1. The Labute approximate surface area is 181 Å². The molecule has 0 aliphatic heterocycles. The van der Waals surface area contributed by atoms with Crippen molar-refractivity contribution in [1.29, 1.82) is 0 Å². The molecule has 0 bridgehead atoms. The molecule has 1 amide bonds. The van der Waals surface area contributed by atoms with Gasteiger partial charge in [-0.3, -0.25) is 4.98 Å². The number of aromatic nitrogens is 1. The van der Waals surface area contributed by atoms with E-state index < -0.39 is 6.09 Å². The second-order valence-corrected chi connectivity index (χ2v) is 9.33. The summed E-state index contributed by atoms with van der Waals surface area (Å²) in [5.41, 5.74) is 1.56. The van der Waals surface area contributed by atoms with E-state index >= 15 is 0 Å². The molecule has 1 atom stereocenters. The Morgan fingerprint density at radius 1 is 1.27 bits per heavy atom. The molecule has 3 aromatic rings. The molecular weight excluding hydrogens is 394 g/mol. The van der Waals surface area contributed by atoms with Crippen LogP contribution in [0.25, 0.3) is 10.1 Å². The molecule has 0 saturated heterocycles. The monoisotopic (exact) mass is 423 g/mol. The van der Waals surface area contributed by atoms with Gasteiger partial charge in [0.05, 0.1) is 5.69 Å². The normalized spacial score (nSPS) is 15.9. The van der Waals surface area contributed by atoms with Crippen LogP contribution < -0.4 is 10.2 Å². The Morgan fingerprint density at radius 2 is 2.07 bits per heavy atom. The summed E-state index contributed by atoms with van der Waals surface area (Å²) in [6.45, 7) is 2.83. The van der Waals surface area contributed by atoms with E-state index in [-0.39, 0.29) is 0 Å². The summed E-state index contributed by atoms with van der Waals surface area (Å²) < 4.78 is 1.08. The van der Waals surface area contributed by atoms with Gasteiger partial charge in [-0.1, -0.05) is 50.3 Å². The largest absolute Gasteiger partial charge is 0.464 e. The predicted molar refractivity (Wildman–Crippen MR) is 124 cm³/mol. The van der Waals surface area contributed by atoms with Crippen molar-refractivity contribution < 1.29 is 9.90 Å². The summed E-state index contributed by atoms with van der Waals surface area (Å²) in [5, 5.41) is 15.4. The Hall–Kier alpha value is -2.44. The molecule has 30 heavy (non-hydrogen) atoms. The summed E-state index contributed by atoms with van der Waals surface area (Å²) in [7, 11) is 0. The lowest BCUT2D eigenvalue weighted by Gasteiger charge is -2.26. The van der Waals surface area contributed by atoms with Gasteiger partial charge in [0.1, 0.15) is 5.00 Å². The van der Waals surface area contributed by atoms with Crippen LogP contribution >= 0.6 is 11.3 Å². The molecule has 0 radical (unpaired) electrons. The van der Waals surface area contributed by atoms with E-state index in [4.69, 9.17) is 0 Å². The number of thiophene rings is 1. The molecule has 1 aliphatic rings. The molecule has 1 aromatic carbocycles. The third kappa shape index (κ3) is 4.82. The first kappa shape index (κ1) is 20.8. The highest BCUT2D eigenvalue weighted by molar-refractivity contribution is 7.23. The first-order valence-electron chi connectivity index (χ1n) is 10.8. The topological polar surface area (TPSA) is 65.5 Å². The highest BCUT2D eigenvalue weighted by Gasteiger charge is 2.23. The van der Waals surface area contributed by atoms with Crippen molar-refractivity contribution in [2.45, 2.75) is 58.0 Å². The van der Waals surface area contributed by atoms with Crippen molar-refractivity contribution in [2.75, 3.05) is 4.90 Å². The second-order valence-electron chi connectivity index (χ2n) is 8.27. The van der Waals surface area contributed by atoms with Crippen molar-refractivity contribution in [3.63, 3.8) is 0 Å². The van der Waals surface area contributed by atoms with Crippen LogP contribution in [0.1, 0.15) is 51.0 Å². The number of pyridine rings is 1. The van der Waals surface area contributed by atoms with E-state index in [1.165, 1.54) is 54.8 Å². The Kier molecular flexibility index (Phi) is 6.65. The van der Waals surface area contributed by atoms with Gasteiger partial charge in [0.15, 0.2) is 0 Å². The number of anilines is 2. The maximum atomic E-state index is 12.2. The molecule has 6 heteroatoms. The molecule has 0 spiro atoms. The van der Waals surface area contributed by atoms with E-state index in [0.717, 1.165) is 21.6 Å². The van der Waals surface area contributed by atoms with E-state index in [2.05, 4.69) is 17.2 Å². The number of nitrogens with one attached hydrogen (secondary N) is 1. The lowest BCUT2D eigenvalue weighted by Crippen LogP contribution is -2.30. The second kappa shape index (κ2) is 9.58. The fraction of sp³-hybridized carbons (Fsp3) is 0.417. The van der Waals surface area contributed by atoms with Gasteiger partial charge in [0.25, 0.3) is 0 Å². The number of carbonyl (C=O) groups is 1. The molecule has 158 valence electrons. The van der Waals surface area contributed by atoms with Gasteiger partial charge in [-0.15, -0.1) is 11.3 Å². The van der Waals surface area contributed by atoms with Gasteiger partial charge in [-0.2, -0.15) is 0 Å². The number of fused-ring (bicyclic) bond motifs is 1. The minimum absolute atomic E-state index is 0.392. The smallest absolute Gasteiger partial charge is 0.417 e. The molecule has 1 aliphatic carbocycles. The number of hydrogen-bond acceptors (Lipinski definition) is 4. The van der Waals surface area contributed by atoms with Gasteiger partial charge in [-0.25, -0.2) is 9.69 Å². The number of rotatable bonds is 7. The van der Waals surface area contributed by atoms with E-state index in [9.17, 15) is 9.90 Å². The van der Waals surface area contributed by atoms with E-state index in [1.54, 1.807) is 18.5 Å². The number of hydrogen-bond donors (Lipinski definition) is 2. The first-order valence-corrected chi connectivity index (χ1v) is 11.6. The third-order valence-electron chi connectivity index (χ3n) is 6.00. The Bertz CT molecular complexity index is 964. The van der Waals surface area contributed by atoms with Crippen LogP contribution in [-0.2, 0) is 6.54 Å². The fourth-order valence-corrected chi connectivity index (χ4v) is 5.53. The van der Waals surface area contributed by atoms with Gasteiger partial charge >= 0.3 is 6.09 Å². The van der Waals surface area contributed by atoms with Crippen LogP contribution in [0, 0.1) is 5.92 Å². The van der Waals surface area contributed by atoms with Gasteiger partial charge in [0.2, 0.25) is 0 Å². The minimum Gasteiger partial charge on any atom is -0.464 e. The summed E-state index contributed by atoms with van der Waals surface area (Å²) >= 11 is 1.49. The standard InChI is InChI=1S/C24H29N3O2S/c1-17(13-18-7-3-2-4-8-18)26-16-20-15-25-12-11-21(20)27(24(28)29)23-14-19-9-5-6-10-22(19)30-23/h5-6,9-12,14-15,17-18,26H,2-4,7-8,13,16H2,1H3,(H,28,29). The van der Waals surface area contributed by atoms with Crippen molar-refractivity contribution >= 4 is 38.2 Å². The molecule has 2 heterocycles.